The van der Waals surface area contributed by atoms with E-state index in [1.165, 1.54) is 5.56 Å². The van der Waals surface area contributed by atoms with Gasteiger partial charge in [-0.05, 0) is 12.0 Å². The monoisotopic (exact) mass is 312 g/mol. The van der Waals surface area contributed by atoms with Crippen LogP contribution in [0.4, 0.5) is 4.79 Å². The maximum atomic E-state index is 11.5. The summed E-state index contributed by atoms with van der Waals surface area (Å²) < 4.78 is 4.86. The summed E-state index contributed by atoms with van der Waals surface area (Å²) in [7, 11) is 0. The van der Waals surface area contributed by atoms with Gasteiger partial charge < -0.3 is 15.2 Å². The van der Waals surface area contributed by atoms with Crippen LogP contribution in [0.25, 0.3) is 0 Å². The number of halogens is 1. The number of carbonyl (C=O) groups excluding carboxylic acids is 1. The predicted molar refractivity (Wildman–Crippen MR) is 81.3 cm³/mol. The average molecular weight is 313 g/mol. The van der Waals surface area contributed by atoms with Crippen LogP contribution in [0.3, 0.4) is 0 Å². The molecule has 1 aromatic carbocycles. The maximum absolute atomic E-state index is 11.5. The summed E-state index contributed by atoms with van der Waals surface area (Å²) in [5.41, 5.74) is 1.22. The number of nitrogens with zero attached hydrogens (tertiary/aromatic N) is 1. The lowest BCUT2D eigenvalue weighted by atomic mass is 10.0. The molecular formula is C15H21ClN2O3. The smallest absolute Gasteiger partial charge is 0.407 e. The fourth-order valence-corrected chi connectivity index (χ4v) is 2.55. The van der Waals surface area contributed by atoms with Gasteiger partial charge in [-0.1, -0.05) is 30.3 Å². The van der Waals surface area contributed by atoms with Crippen molar-refractivity contribution in [1.82, 2.24) is 10.2 Å². The first-order valence-electron chi connectivity index (χ1n) is 7.12. The molecule has 1 saturated heterocycles. The molecule has 116 valence electrons. The Morgan fingerprint density at radius 1 is 1.43 bits per heavy atom. The van der Waals surface area contributed by atoms with Crippen LogP contribution in [0, 0.1) is 0 Å². The summed E-state index contributed by atoms with van der Waals surface area (Å²) in [6.07, 6.45) is -0.411. The Labute approximate surface area is 129 Å². The largest absolute Gasteiger partial charge is 0.448 e. The van der Waals surface area contributed by atoms with Crippen molar-refractivity contribution in [2.45, 2.75) is 25.1 Å². The summed E-state index contributed by atoms with van der Waals surface area (Å²) >= 11 is 5.45. The number of hydrogen-bond acceptors (Lipinski definition) is 4. The molecule has 1 aromatic rings. The van der Waals surface area contributed by atoms with Gasteiger partial charge in [-0.2, -0.15) is 0 Å². The molecule has 2 N–H and O–H groups in total. The van der Waals surface area contributed by atoms with Crippen LogP contribution in [-0.4, -0.2) is 53.8 Å². The van der Waals surface area contributed by atoms with Gasteiger partial charge in [-0.3, -0.25) is 4.90 Å². The highest BCUT2D eigenvalue weighted by Gasteiger charge is 2.29. The van der Waals surface area contributed by atoms with Gasteiger partial charge in [0.05, 0.1) is 18.0 Å². The minimum atomic E-state index is -0.592. The molecule has 21 heavy (non-hydrogen) atoms. The van der Waals surface area contributed by atoms with Gasteiger partial charge in [0, 0.05) is 19.6 Å². The molecule has 5 nitrogen and oxygen atoms in total. The highest BCUT2D eigenvalue weighted by Crippen LogP contribution is 2.14. The lowest BCUT2D eigenvalue weighted by molar-refractivity contribution is 0.0349. The predicted octanol–water partition coefficient (Wildman–Crippen LogP) is 1.59. The van der Waals surface area contributed by atoms with Crippen molar-refractivity contribution in [2.75, 3.05) is 25.6 Å². The van der Waals surface area contributed by atoms with Gasteiger partial charge >= 0.3 is 6.09 Å². The summed E-state index contributed by atoms with van der Waals surface area (Å²) in [6.45, 7) is 2.35. The molecule has 0 saturated carbocycles. The fraction of sp³-hybridized carbons (Fsp3) is 0.533. The van der Waals surface area contributed by atoms with Crippen LogP contribution in [0.15, 0.2) is 30.3 Å². The molecule has 1 aliphatic rings. The van der Waals surface area contributed by atoms with Crippen LogP contribution >= 0.6 is 11.6 Å². The molecule has 1 fully saturated rings. The van der Waals surface area contributed by atoms with Crippen molar-refractivity contribution in [3.63, 3.8) is 0 Å². The summed E-state index contributed by atoms with van der Waals surface area (Å²) in [4.78, 5) is 13.7. The zero-order valence-electron chi connectivity index (χ0n) is 11.9. The number of rotatable bonds is 5. The van der Waals surface area contributed by atoms with Crippen LogP contribution < -0.4 is 5.32 Å². The highest BCUT2D eigenvalue weighted by molar-refractivity contribution is 6.18. The Hall–Kier alpha value is -1.30. The Morgan fingerprint density at radius 2 is 2.19 bits per heavy atom. The second-order valence-corrected chi connectivity index (χ2v) is 5.53. The van der Waals surface area contributed by atoms with Crippen molar-refractivity contribution in [1.29, 1.82) is 0 Å². The minimum Gasteiger partial charge on any atom is -0.448 e. The van der Waals surface area contributed by atoms with Crippen molar-refractivity contribution >= 4 is 17.7 Å². The van der Waals surface area contributed by atoms with E-state index in [9.17, 15) is 9.90 Å². The van der Waals surface area contributed by atoms with Gasteiger partial charge in [0.15, 0.2) is 0 Å². The molecule has 2 unspecified atom stereocenters. The zero-order valence-corrected chi connectivity index (χ0v) is 12.6. The van der Waals surface area contributed by atoms with Crippen molar-refractivity contribution in [2.24, 2.45) is 0 Å². The van der Waals surface area contributed by atoms with E-state index in [0.717, 1.165) is 13.1 Å². The number of alkyl halides is 1. The molecule has 0 spiro atoms. The van der Waals surface area contributed by atoms with E-state index in [4.69, 9.17) is 16.3 Å². The highest BCUT2D eigenvalue weighted by atomic mass is 35.5. The van der Waals surface area contributed by atoms with E-state index >= 15 is 0 Å². The number of β-amino-alcohol motifs (C(OH)–C–C–N with tert-alkyl or cyclic N) is 1. The molecule has 0 bridgehead atoms. The number of aliphatic hydroxyl groups excluding tert-OH is 1. The molecule has 0 aliphatic carbocycles. The Balaban J connectivity index is 1.78. The van der Waals surface area contributed by atoms with E-state index in [1.807, 2.05) is 18.2 Å². The number of alkyl carbamates (subject to hydrolysis) is 1. The van der Waals surface area contributed by atoms with Crippen molar-refractivity contribution in [3.8, 4) is 0 Å². The topological polar surface area (TPSA) is 61.8 Å². The molecule has 1 aliphatic heterocycles. The summed E-state index contributed by atoms with van der Waals surface area (Å²) in [5, 5.41) is 12.8. The fourth-order valence-electron chi connectivity index (χ4n) is 2.48. The van der Waals surface area contributed by atoms with E-state index in [-0.39, 0.29) is 18.5 Å². The number of benzene rings is 1. The number of hydrogen-bond donors (Lipinski definition) is 2. The maximum Gasteiger partial charge on any atom is 0.407 e. The van der Waals surface area contributed by atoms with E-state index in [2.05, 4.69) is 22.3 Å². The Bertz CT molecular complexity index is 444. The third-order valence-electron chi connectivity index (χ3n) is 3.53. The number of likely N-dealkylation sites (tertiary alicyclic amines) is 1. The molecule has 6 heteroatoms. The summed E-state index contributed by atoms with van der Waals surface area (Å²) in [6, 6.07) is 9.88. The molecule has 2 rings (SSSR count). The molecular weight excluding hydrogens is 292 g/mol. The molecule has 2 atom stereocenters. The number of nitrogens with one attached hydrogen (secondary N) is 1. The van der Waals surface area contributed by atoms with Crippen LogP contribution in [-0.2, 0) is 11.3 Å². The van der Waals surface area contributed by atoms with Crippen LogP contribution in [0.1, 0.15) is 12.0 Å². The normalized spacial score (nSPS) is 22.8. The van der Waals surface area contributed by atoms with Crippen molar-refractivity contribution < 1.29 is 14.6 Å². The number of carbonyl (C=O) groups is 1. The quantitative estimate of drug-likeness (QED) is 0.811. The van der Waals surface area contributed by atoms with E-state index in [0.29, 0.717) is 13.0 Å². The van der Waals surface area contributed by atoms with Gasteiger partial charge in [-0.15, -0.1) is 11.6 Å². The summed E-state index contributed by atoms with van der Waals surface area (Å²) in [5.74, 6) is 0.269. The second kappa shape index (κ2) is 8.22. The first-order chi connectivity index (χ1) is 10.2. The standard InChI is InChI=1S/C15H21ClN2O3/c16-7-9-21-15(20)17-13-6-8-18(11-14(13)19)10-12-4-2-1-3-5-12/h1-5,13-14,19H,6-11H2,(H,17,20). The molecule has 0 radical (unpaired) electrons. The third kappa shape index (κ3) is 5.19. The lowest BCUT2D eigenvalue weighted by Crippen LogP contribution is -2.53. The third-order valence-corrected chi connectivity index (χ3v) is 3.68. The number of amides is 1. The van der Waals surface area contributed by atoms with Gasteiger partial charge in [0.1, 0.15) is 6.61 Å². The van der Waals surface area contributed by atoms with Crippen LogP contribution in [0.2, 0.25) is 0 Å². The molecule has 0 aromatic heterocycles. The number of piperidine rings is 1. The first-order valence-corrected chi connectivity index (χ1v) is 7.66. The second-order valence-electron chi connectivity index (χ2n) is 5.15. The number of aliphatic hydroxyl groups is 1. The first kappa shape index (κ1) is 16.1. The van der Waals surface area contributed by atoms with E-state index < -0.39 is 12.2 Å². The van der Waals surface area contributed by atoms with Gasteiger partial charge in [-0.25, -0.2) is 4.79 Å². The van der Waals surface area contributed by atoms with Gasteiger partial charge in [0.25, 0.3) is 0 Å². The van der Waals surface area contributed by atoms with Crippen LogP contribution in [0.5, 0.6) is 0 Å². The van der Waals surface area contributed by atoms with E-state index in [1.54, 1.807) is 0 Å². The van der Waals surface area contributed by atoms with Crippen molar-refractivity contribution in [3.05, 3.63) is 35.9 Å². The average Bonchev–Trinajstić information content (AvgIpc) is 2.49. The molecule has 1 amide bonds. The minimum absolute atomic E-state index is 0.177. The lowest BCUT2D eigenvalue weighted by Gasteiger charge is -2.36. The van der Waals surface area contributed by atoms with Gasteiger partial charge in [0.2, 0.25) is 0 Å². The Kier molecular flexibility index (Phi) is 6.29. The zero-order chi connectivity index (χ0) is 15.1. The molecule has 1 heterocycles. The Morgan fingerprint density at radius 3 is 2.86 bits per heavy atom. The number of ether oxygens (including phenoxy) is 1. The SMILES string of the molecule is O=C(NC1CCN(Cc2ccccc2)CC1O)OCCCl.